The molecular formula is C23H25Br2ClF2N2O3. The lowest BCUT2D eigenvalue weighted by molar-refractivity contribution is -0.129. The summed E-state index contributed by atoms with van der Waals surface area (Å²) in [7, 11) is 0. The molecule has 0 atom stereocenters. The van der Waals surface area contributed by atoms with Gasteiger partial charge in [-0.25, -0.2) is 13.6 Å². The molecule has 2 aromatic carbocycles. The van der Waals surface area contributed by atoms with Gasteiger partial charge < -0.3 is 15.0 Å². The van der Waals surface area contributed by atoms with Crippen molar-refractivity contribution in [2.24, 2.45) is 0 Å². The molecule has 0 saturated carbocycles. The number of nitrogens with one attached hydrogen (secondary N) is 1. The van der Waals surface area contributed by atoms with Gasteiger partial charge in [0.15, 0.2) is 0 Å². The number of rotatable bonds is 1. The summed E-state index contributed by atoms with van der Waals surface area (Å²) in [5.74, 6) is -0.318. The van der Waals surface area contributed by atoms with Gasteiger partial charge in [-0.1, -0.05) is 0 Å². The van der Waals surface area contributed by atoms with Crippen LogP contribution in [0.3, 0.4) is 0 Å². The smallest absolute Gasteiger partial charge is 0.403 e. The molecule has 2 heterocycles. The second-order valence-electron chi connectivity index (χ2n) is 7.36. The molecule has 0 aromatic heterocycles. The standard InChI is InChI=1S/C11H11BrFNO.C9H9BrFN.C3H5ClO2/c1-7(15)14-3-2-8-5-11(13)10(12)4-9(8)6-14;10-8-3-7-5-12-2-1-6(7)4-9(8)11;1-2-6-3(4)5/h4-5H,2-3,6H2,1H3;3-4,12H,1-2,5H2;2H2,1H3. The van der Waals surface area contributed by atoms with E-state index in [0.717, 1.165) is 42.6 Å². The maximum atomic E-state index is 13.2. The maximum absolute atomic E-state index is 13.2. The predicted molar refractivity (Wildman–Crippen MR) is 131 cm³/mol. The fraction of sp³-hybridized carbons (Fsp3) is 0.391. The number of amides is 1. The predicted octanol–water partition coefficient (Wildman–Crippen LogP) is 6.11. The third-order valence-corrected chi connectivity index (χ3v) is 6.41. The molecule has 0 aliphatic carbocycles. The molecule has 1 N–H and O–H groups in total. The van der Waals surface area contributed by atoms with Crippen LogP contribution in [0.2, 0.25) is 0 Å². The fourth-order valence-corrected chi connectivity index (χ4v) is 4.29. The topological polar surface area (TPSA) is 58.6 Å². The highest BCUT2D eigenvalue weighted by Crippen LogP contribution is 2.26. The monoisotopic (exact) mass is 608 g/mol. The third-order valence-electron chi connectivity index (χ3n) is 5.09. The number of halogens is 5. The van der Waals surface area contributed by atoms with Crippen LogP contribution in [-0.2, 0) is 35.5 Å². The Morgan fingerprint density at radius 2 is 1.61 bits per heavy atom. The first-order valence-corrected chi connectivity index (χ1v) is 12.3. The number of hydrogen-bond donors (Lipinski definition) is 1. The zero-order chi connectivity index (χ0) is 24.5. The summed E-state index contributed by atoms with van der Waals surface area (Å²) < 4.78 is 31.5. The quantitative estimate of drug-likeness (QED) is 0.396. The molecular weight excluding hydrogens is 586 g/mol. The Kier molecular flexibility index (Phi) is 11.2. The molecule has 1 amide bonds. The van der Waals surface area contributed by atoms with Crippen LogP contribution in [0.4, 0.5) is 13.6 Å². The first kappa shape index (κ1) is 27.7. The van der Waals surface area contributed by atoms with Crippen LogP contribution >= 0.6 is 43.5 Å². The van der Waals surface area contributed by atoms with Crippen molar-refractivity contribution in [3.8, 4) is 0 Å². The number of ether oxygens (including phenoxy) is 1. The molecule has 33 heavy (non-hydrogen) atoms. The molecule has 10 heteroatoms. The van der Waals surface area contributed by atoms with Gasteiger partial charge in [0.05, 0.1) is 15.6 Å². The van der Waals surface area contributed by atoms with Gasteiger partial charge in [-0.2, -0.15) is 0 Å². The van der Waals surface area contributed by atoms with Crippen LogP contribution in [0, 0.1) is 11.6 Å². The highest BCUT2D eigenvalue weighted by molar-refractivity contribution is 9.10. The lowest BCUT2D eigenvalue weighted by atomic mass is 10.00. The molecule has 0 unspecified atom stereocenters. The molecule has 4 rings (SSSR count). The lowest BCUT2D eigenvalue weighted by Crippen LogP contribution is -2.34. The molecule has 0 saturated heterocycles. The Hall–Kier alpha value is -1.55. The average molecular weight is 611 g/mol. The number of hydrogen-bond acceptors (Lipinski definition) is 4. The van der Waals surface area contributed by atoms with Crippen molar-refractivity contribution in [1.29, 1.82) is 0 Å². The minimum Gasteiger partial charge on any atom is -0.454 e. The summed E-state index contributed by atoms with van der Waals surface area (Å²) in [5, 5.41) is 3.24. The summed E-state index contributed by atoms with van der Waals surface area (Å²) >= 11 is 11.0. The van der Waals surface area contributed by atoms with E-state index in [4.69, 9.17) is 11.6 Å². The number of carbonyl (C=O) groups is 2. The van der Waals surface area contributed by atoms with Gasteiger partial charge >= 0.3 is 5.43 Å². The summed E-state index contributed by atoms with van der Waals surface area (Å²) in [4.78, 5) is 22.6. The molecule has 0 fully saturated rings. The summed E-state index contributed by atoms with van der Waals surface area (Å²) in [5.41, 5.74) is 3.64. The van der Waals surface area contributed by atoms with E-state index >= 15 is 0 Å². The molecule has 0 spiro atoms. The van der Waals surface area contributed by atoms with Crippen LogP contribution in [0.5, 0.6) is 0 Å². The van der Waals surface area contributed by atoms with Crippen LogP contribution in [0.1, 0.15) is 36.1 Å². The van der Waals surface area contributed by atoms with Gasteiger partial charge in [-0.3, -0.25) is 4.79 Å². The SMILES string of the molecule is CC(=O)N1CCc2cc(F)c(Br)cc2C1.CCOC(=O)Cl.Fc1cc2c(cc1Br)CNCC2. The molecule has 2 aromatic rings. The van der Waals surface area contributed by atoms with E-state index in [-0.39, 0.29) is 17.5 Å². The Morgan fingerprint density at radius 1 is 1.03 bits per heavy atom. The van der Waals surface area contributed by atoms with Gasteiger partial charge in [-0.15, -0.1) is 0 Å². The van der Waals surface area contributed by atoms with E-state index in [9.17, 15) is 18.4 Å². The summed E-state index contributed by atoms with van der Waals surface area (Å²) in [6.45, 7) is 6.68. The second kappa shape index (κ2) is 13.4. The minimum absolute atomic E-state index is 0.0705. The lowest BCUT2D eigenvalue weighted by Gasteiger charge is -2.28. The minimum atomic E-state index is -0.738. The van der Waals surface area contributed by atoms with Crippen molar-refractivity contribution in [2.45, 2.75) is 39.8 Å². The molecule has 0 radical (unpaired) electrons. The molecule has 180 valence electrons. The van der Waals surface area contributed by atoms with Gasteiger partial charge in [0.2, 0.25) is 5.91 Å². The van der Waals surface area contributed by atoms with Gasteiger partial charge in [-0.05, 0) is 105 Å². The fourth-order valence-electron chi connectivity index (χ4n) is 3.40. The zero-order valence-corrected chi connectivity index (χ0v) is 22.2. The Labute approximate surface area is 214 Å². The Morgan fingerprint density at radius 3 is 2.12 bits per heavy atom. The second-order valence-corrected chi connectivity index (χ2v) is 9.38. The highest BCUT2D eigenvalue weighted by atomic mass is 79.9. The van der Waals surface area contributed by atoms with Gasteiger partial charge in [0, 0.05) is 38.2 Å². The zero-order valence-electron chi connectivity index (χ0n) is 18.3. The maximum Gasteiger partial charge on any atom is 0.403 e. The molecule has 2 aliphatic heterocycles. The van der Waals surface area contributed by atoms with Crippen molar-refractivity contribution in [3.63, 3.8) is 0 Å². The van der Waals surface area contributed by atoms with Gasteiger partial charge in [0.25, 0.3) is 0 Å². The number of nitrogens with zero attached hydrogens (tertiary/aromatic N) is 1. The van der Waals surface area contributed by atoms with E-state index in [1.165, 1.54) is 5.56 Å². The molecule has 2 aliphatic rings. The number of carbonyl (C=O) groups excluding carboxylic acids is 2. The Bertz CT molecular complexity index is 977. The van der Waals surface area contributed by atoms with Crippen molar-refractivity contribution in [1.82, 2.24) is 10.2 Å². The van der Waals surface area contributed by atoms with Crippen LogP contribution in [-0.4, -0.2) is 35.9 Å². The molecule has 5 nitrogen and oxygen atoms in total. The first-order chi connectivity index (χ1) is 15.6. The molecule has 0 bridgehead atoms. The van der Waals surface area contributed by atoms with Crippen molar-refractivity contribution in [3.05, 3.63) is 67.1 Å². The van der Waals surface area contributed by atoms with E-state index in [0.29, 0.717) is 28.6 Å². The third kappa shape index (κ3) is 8.63. The number of benzene rings is 2. The van der Waals surface area contributed by atoms with Crippen molar-refractivity contribution < 1.29 is 23.1 Å². The highest BCUT2D eigenvalue weighted by Gasteiger charge is 2.19. The van der Waals surface area contributed by atoms with E-state index in [2.05, 4.69) is 41.9 Å². The van der Waals surface area contributed by atoms with Crippen molar-refractivity contribution >= 4 is 54.8 Å². The van der Waals surface area contributed by atoms with Crippen LogP contribution in [0.25, 0.3) is 0 Å². The van der Waals surface area contributed by atoms with Crippen LogP contribution < -0.4 is 5.32 Å². The van der Waals surface area contributed by atoms with E-state index < -0.39 is 5.43 Å². The van der Waals surface area contributed by atoms with Crippen LogP contribution in [0.15, 0.2) is 33.2 Å². The Balaban J connectivity index is 0.000000192. The largest absolute Gasteiger partial charge is 0.454 e. The van der Waals surface area contributed by atoms with Gasteiger partial charge in [0.1, 0.15) is 11.6 Å². The normalized spacial score (nSPS) is 14.0. The number of fused-ring (bicyclic) bond motifs is 2. The summed E-state index contributed by atoms with van der Waals surface area (Å²) in [6, 6.07) is 6.80. The first-order valence-electron chi connectivity index (χ1n) is 10.3. The van der Waals surface area contributed by atoms with Crippen molar-refractivity contribution in [2.75, 3.05) is 19.7 Å². The average Bonchev–Trinajstić information content (AvgIpc) is 2.76. The van der Waals surface area contributed by atoms with E-state index in [1.54, 1.807) is 36.9 Å². The summed E-state index contributed by atoms with van der Waals surface area (Å²) in [6.07, 6.45) is 1.67. The van der Waals surface area contributed by atoms with E-state index in [1.807, 2.05) is 6.07 Å².